The third-order valence-electron chi connectivity index (χ3n) is 5.68. The van der Waals surface area contributed by atoms with Gasteiger partial charge >= 0.3 is 6.09 Å². The van der Waals surface area contributed by atoms with Crippen LogP contribution in [0.15, 0.2) is 42.5 Å². The molecule has 0 fully saturated rings. The van der Waals surface area contributed by atoms with E-state index < -0.39 is 47.7 Å². The first-order valence-electron chi connectivity index (χ1n) is 12.8. The number of nitrogens with one attached hydrogen (secondary N) is 2. The molecule has 2 aromatic rings. The lowest BCUT2D eigenvalue weighted by Gasteiger charge is -2.35. The number of carbonyl (C=O) groups is 3. The highest BCUT2D eigenvalue weighted by Gasteiger charge is 2.38. The molecule has 0 saturated carbocycles. The fourth-order valence-electron chi connectivity index (χ4n) is 4.03. The fraction of sp³-hybridized carbons (Fsp3) is 0.467. The van der Waals surface area contributed by atoms with Crippen LogP contribution in [0.5, 0.6) is 5.75 Å². The lowest BCUT2D eigenvalue weighted by atomic mass is 9.94. The van der Waals surface area contributed by atoms with Crippen LogP contribution in [-0.4, -0.2) is 51.6 Å². The summed E-state index contributed by atoms with van der Waals surface area (Å²) in [5.41, 5.74) is 1.49. The minimum atomic E-state index is -1.16. The fourth-order valence-corrected chi connectivity index (χ4v) is 4.03. The Kier molecular flexibility index (Phi) is 10.1. The Balaban J connectivity index is 2.61. The van der Waals surface area contributed by atoms with Gasteiger partial charge in [-0.2, -0.15) is 5.26 Å². The number of carbonyl (C=O) groups excluding carboxylic acids is 3. The van der Waals surface area contributed by atoms with Gasteiger partial charge in [-0.3, -0.25) is 9.59 Å². The van der Waals surface area contributed by atoms with Crippen LogP contribution in [0.2, 0.25) is 0 Å². The molecule has 2 aromatic carbocycles. The monoisotopic (exact) mass is 536 g/mol. The maximum Gasteiger partial charge on any atom is 0.408 e. The van der Waals surface area contributed by atoms with Crippen LogP contribution in [0.1, 0.15) is 69.8 Å². The molecule has 0 aliphatic carbocycles. The number of amides is 3. The predicted octanol–water partition coefficient (Wildman–Crippen LogP) is 4.45. The van der Waals surface area contributed by atoms with Crippen LogP contribution < -0.4 is 10.6 Å². The highest BCUT2D eigenvalue weighted by Crippen LogP contribution is 2.28. The van der Waals surface area contributed by atoms with E-state index >= 15 is 0 Å². The summed E-state index contributed by atoms with van der Waals surface area (Å²) >= 11 is 0. The van der Waals surface area contributed by atoms with Crippen LogP contribution in [0.4, 0.5) is 4.79 Å². The van der Waals surface area contributed by atoms with Gasteiger partial charge in [0.2, 0.25) is 11.8 Å². The predicted molar refractivity (Wildman–Crippen MR) is 149 cm³/mol. The van der Waals surface area contributed by atoms with Crippen molar-refractivity contribution in [2.24, 2.45) is 0 Å². The SMILES string of the molecule is Cc1ccc(C)c(C(C(=O)NC(C)(C)C)N(CC#N)C(=O)C(Cc2ccc(O)cc2)NC(=O)OC(C)(C)C)c1. The highest BCUT2D eigenvalue weighted by atomic mass is 16.6. The maximum absolute atomic E-state index is 14.2. The Hall–Kier alpha value is -4.06. The molecule has 9 heteroatoms. The molecule has 0 saturated heterocycles. The van der Waals surface area contributed by atoms with Crippen LogP contribution in [0, 0.1) is 25.2 Å². The van der Waals surface area contributed by atoms with Gasteiger partial charge in [-0.15, -0.1) is 0 Å². The largest absolute Gasteiger partial charge is 0.508 e. The van der Waals surface area contributed by atoms with Gasteiger partial charge in [0.05, 0.1) is 6.07 Å². The summed E-state index contributed by atoms with van der Waals surface area (Å²) in [5.74, 6) is -1.01. The summed E-state index contributed by atoms with van der Waals surface area (Å²) in [4.78, 5) is 41.8. The Labute approximate surface area is 231 Å². The van der Waals surface area contributed by atoms with Gasteiger partial charge in [0, 0.05) is 12.0 Å². The Morgan fingerprint density at radius 2 is 1.64 bits per heavy atom. The molecule has 9 nitrogen and oxygen atoms in total. The summed E-state index contributed by atoms with van der Waals surface area (Å²) in [6.07, 6.45) is -0.764. The number of aryl methyl sites for hydroxylation is 2. The molecule has 0 radical (unpaired) electrons. The van der Waals surface area contributed by atoms with E-state index in [-0.39, 0.29) is 12.2 Å². The van der Waals surface area contributed by atoms with Gasteiger partial charge in [-0.25, -0.2) is 4.79 Å². The molecule has 2 unspecified atom stereocenters. The summed E-state index contributed by atoms with van der Waals surface area (Å²) < 4.78 is 5.40. The van der Waals surface area contributed by atoms with Crippen molar-refractivity contribution in [2.75, 3.05) is 6.54 Å². The second kappa shape index (κ2) is 12.7. The second-order valence-corrected chi connectivity index (χ2v) is 11.7. The molecule has 0 aliphatic rings. The molecular weight excluding hydrogens is 496 g/mol. The van der Waals surface area contributed by atoms with Gasteiger partial charge < -0.3 is 25.4 Å². The Morgan fingerprint density at radius 3 is 2.18 bits per heavy atom. The van der Waals surface area contributed by atoms with Crippen molar-refractivity contribution in [2.45, 2.75) is 85.0 Å². The van der Waals surface area contributed by atoms with Crippen molar-refractivity contribution < 1.29 is 24.2 Å². The third kappa shape index (κ3) is 9.64. The van der Waals surface area contributed by atoms with E-state index in [9.17, 15) is 24.8 Å². The van der Waals surface area contributed by atoms with Crippen LogP contribution >= 0.6 is 0 Å². The zero-order chi connectivity index (χ0) is 29.5. The topological polar surface area (TPSA) is 132 Å². The zero-order valence-corrected chi connectivity index (χ0v) is 24.1. The van der Waals surface area contributed by atoms with E-state index in [0.29, 0.717) is 11.1 Å². The normalized spacial score (nSPS) is 13.0. The Bertz CT molecular complexity index is 1220. The summed E-state index contributed by atoms with van der Waals surface area (Å²) in [7, 11) is 0. The first-order chi connectivity index (χ1) is 18.0. The van der Waals surface area contributed by atoms with Crippen molar-refractivity contribution >= 4 is 17.9 Å². The number of nitriles is 1. The first kappa shape index (κ1) is 31.2. The number of hydrogen-bond acceptors (Lipinski definition) is 6. The van der Waals surface area contributed by atoms with E-state index in [1.165, 1.54) is 17.0 Å². The van der Waals surface area contributed by atoms with E-state index in [1.807, 2.05) is 58.9 Å². The minimum Gasteiger partial charge on any atom is -0.508 e. The third-order valence-corrected chi connectivity index (χ3v) is 5.68. The average molecular weight is 537 g/mol. The lowest BCUT2D eigenvalue weighted by molar-refractivity contribution is -0.142. The number of aromatic hydroxyl groups is 1. The lowest BCUT2D eigenvalue weighted by Crippen LogP contribution is -2.55. The molecule has 3 amide bonds. The van der Waals surface area contributed by atoms with Gasteiger partial charge in [-0.1, -0.05) is 35.9 Å². The summed E-state index contributed by atoms with van der Waals surface area (Å²) in [5, 5.41) is 25.0. The van der Waals surface area contributed by atoms with E-state index in [1.54, 1.807) is 32.9 Å². The van der Waals surface area contributed by atoms with Gasteiger partial charge in [-0.05, 0) is 84.2 Å². The smallest absolute Gasteiger partial charge is 0.408 e. The summed E-state index contributed by atoms with van der Waals surface area (Å²) in [6, 6.07) is 11.6. The number of ether oxygens (including phenoxy) is 1. The average Bonchev–Trinajstić information content (AvgIpc) is 2.79. The molecule has 0 bridgehead atoms. The van der Waals surface area contributed by atoms with Crippen LogP contribution in [0.3, 0.4) is 0 Å². The number of phenols is 1. The quantitative estimate of drug-likeness (QED) is 0.427. The van der Waals surface area contributed by atoms with E-state index in [2.05, 4.69) is 10.6 Å². The first-order valence-corrected chi connectivity index (χ1v) is 12.8. The van der Waals surface area contributed by atoms with Crippen molar-refractivity contribution in [3.63, 3.8) is 0 Å². The Morgan fingerprint density at radius 1 is 1.03 bits per heavy atom. The van der Waals surface area contributed by atoms with Crippen molar-refractivity contribution in [3.8, 4) is 11.8 Å². The number of hydrogen-bond donors (Lipinski definition) is 3. The molecule has 0 heterocycles. The molecule has 210 valence electrons. The van der Waals surface area contributed by atoms with Gasteiger partial charge in [0.25, 0.3) is 0 Å². The number of rotatable bonds is 8. The molecule has 0 aliphatic heterocycles. The number of phenolic OH excluding ortho intramolecular Hbond substituents is 1. The molecular formula is C30H40N4O5. The maximum atomic E-state index is 14.2. The van der Waals surface area contributed by atoms with Gasteiger partial charge in [0.15, 0.2) is 0 Å². The standard InChI is InChI=1S/C30H40N4O5/c1-19-9-10-20(2)23(17-19)25(26(36)33-29(3,4)5)34(16-15-31)27(37)24(32-28(38)39-30(6,7)8)18-21-11-13-22(35)14-12-21/h9-14,17,24-25,35H,16,18H2,1-8H3,(H,32,38)(H,33,36). The molecule has 2 rings (SSSR count). The highest BCUT2D eigenvalue weighted by molar-refractivity contribution is 5.93. The summed E-state index contributed by atoms with van der Waals surface area (Å²) in [6.45, 7) is 14.0. The van der Waals surface area contributed by atoms with Crippen molar-refractivity contribution in [1.29, 1.82) is 5.26 Å². The van der Waals surface area contributed by atoms with Crippen molar-refractivity contribution in [3.05, 3.63) is 64.7 Å². The molecule has 0 aromatic heterocycles. The van der Waals surface area contributed by atoms with Gasteiger partial charge in [0.1, 0.15) is 30.0 Å². The van der Waals surface area contributed by atoms with E-state index in [4.69, 9.17) is 4.74 Å². The molecule has 3 N–H and O–H groups in total. The van der Waals surface area contributed by atoms with Crippen LogP contribution in [0.25, 0.3) is 0 Å². The molecule has 0 spiro atoms. The second-order valence-electron chi connectivity index (χ2n) is 11.7. The van der Waals surface area contributed by atoms with Crippen LogP contribution in [-0.2, 0) is 20.7 Å². The zero-order valence-electron chi connectivity index (χ0n) is 24.1. The number of nitrogens with zero attached hydrogens (tertiary/aromatic N) is 2. The minimum absolute atomic E-state index is 0.0424. The van der Waals surface area contributed by atoms with Crippen molar-refractivity contribution in [1.82, 2.24) is 15.5 Å². The number of benzene rings is 2. The van der Waals surface area contributed by atoms with E-state index in [0.717, 1.165) is 11.1 Å². The number of alkyl carbamates (subject to hydrolysis) is 1. The molecule has 39 heavy (non-hydrogen) atoms. The molecule has 2 atom stereocenters.